The van der Waals surface area contributed by atoms with E-state index in [1.54, 1.807) is 18.4 Å². The average molecular weight is 265 g/mol. The molecule has 0 radical (unpaired) electrons. The molecule has 1 fully saturated rings. The molecule has 0 saturated carbocycles. The number of hydrogen-bond acceptors (Lipinski definition) is 3. The Morgan fingerprint density at radius 1 is 1.53 bits per heavy atom. The van der Waals surface area contributed by atoms with E-state index in [0.29, 0.717) is 17.9 Å². The molecule has 5 nitrogen and oxygen atoms in total. The zero-order valence-electron chi connectivity index (χ0n) is 11.5. The molecule has 0 aliphatic carbocycles. The van der Waals surface area contributed by atoms with Gasteiger partial charge in [0.05, 0.1) is 17.7 Å². The van der Waals surface area contributed by atoms with Crippen molar-refractivity contribution in [3.05, 3.63) is 33.2 Å². The smallest absolute Gasteiger partial charge is 0.337 e. The van der Waals surface area contributed by atoms with Crippen molar-refractivity contribution in [3.63, 3.8) is 0 Å². The summed E-state index contributed by atoms with van der Waals surface area (Å²) in [5.74, 6) is -0.997. The van der Waals surface area contributed by atoms with Gasteiger partial charge >= 0.3 is 5.97 Å². The van der Waals surface area contributed by atoms with E-state index in [-0.39, 0.29) is 23.3 Å². The third-order valence-electron chi connectivity index (χ3n) is 3.82. The summed E-state index contributed by atoms with van der Waals surface area (Å²) < 4.78 is 7.15. The van der Waals surface area contributed by atoms with Crippen LogP contribution in [-0.4, -0.2) is 28.4 Å². The highest BCUT2D eigenvalue weighted by Gasteiger charge is 2.27. The molecule has 2 rings (SSSR count). The van der Waals surface area contributed by atoms with Gasteiger partial charge in [-0.05, 0) is 39.2 Å². The Labute approximate surface area is 111 Å². The second-order valence-corrected chi connectivity index (χ2v) is 5.09. The molecule has 1 aromatic heterocycles. The first-order chi connectivity index (χ1) is 8.93. The number of hydrogen-bond donors (Lipinski definition) is 1. The molecule has 1 aliphatic rings. The van der Waals surface area contributed by atoms with E-state index < -0.39 is 5.97 Å². The molecule has 19 heavy (non-hydrogen) atoms. The van der Waals surface area contributed by atoms with Crippen LogP contribution in [0.2, 0.25) is 0 Å². The molecule has 1 saturated heterocycles. The van der Waals surface area contributed by atoms with Gasteiger partial charge in [0.2, 0.25) is 0 Å². The predicted octanol–water partition coefficient (Wildman–Crippen LogP) is 1.90. The normalized spacial score (nSPS) is 20.5. The molecule has 1 N–H and O–H groups in total. The largest absolute Gasteiger partial charge is 0.478 e. The molecule has 0 spiro atoms. The fourth-order valence-electron chi connectivity index (χ4n) is 2.88. The van der Waals surface area contributed by atoms with E-state index >= 15 is 0 Å². The van der Waals surface area contributed by atoms with Gasteiger partial charge in [0, 0.05) is 18.4 Å². The van der Waals surface area contributed by atoms with Crippen molar-refractivity contribution in [3.8, 4) is 0 Å². The van der Waals surface area contributed by atoms with Crippen LogP contribution in [0.15, 0.2) is 10.9 Å². The van der Waals surface area contributed by atoms with Gasteiger partial charge in [-0.3, -0.25) is 4.79 Å². The first-order valence-corrected chi connectivity index (χ1v) is 6.51. The van der Waals surface area contributed by atoms with Crippen LogP contribution in [0.25, 0.3) is 0 Å². The zero-order valence-corrected chi connectivity index (χ0v) is 11.5. The van der Waals surface area contributed by atoms with Crippen LogP contribution in [0.1, 0.15) is 47.4 Å². The molecular formula is C14H19NO4. The van der Waals surface area contributed by atoms with Crippen LogP contribution in [0, 0.1) is 13.8 Å². The number of carbonyl (C=O) groups is 1. The van der Waals surface area contributed by atoms with Crippen LogP contribution in [0.4, 0.5) is 0 Å². The summed E-state index contributed by atoms with van der Waals surface area (Å²) in [5.41, 5.74) is 1.05. The van der Waals surface area contributed by atoms with Crippen LogP contribution in [0.5, 0.6) is 0 Å². The first-order valence-electron chi connectivity index (χ1n) is 6.51. The Kier molecular flexibility index (Phi) is 3.75. The maximum Gasteiger partial charge on any atom is 0.337 e. The Balaban J connectivity index is 2.53. The second-order valence-electron chi connectivity index (χ2n) is 5.09. The average Bonchev–Trinajstić information content (AvgIpc) is 2.80. The van der Waals surface area contributed by atoms with E-state index in [1.165, 1.54) is 6.07 Å². The lowest BCUT2D eigenvalue weighted by Crippen LogP contribution is -2.33. The Morgan fingerprint density at radius 3 is 2.74 bits per heavy atom. The van der Waals surface area contributed by atoms with Crippen molar-refractivity contribution in [1.82, 2.24) is 4.57 Å². The summed E-state index contributed by atoms with van der Waals surface area (Å²) in [4.78, 5) is 23.5. The van der Waals surface area contributed by atoms with Crippen molar-refractivity contribution in [1.29, 1.82) is 0 Å². The monoisotopic (exact) mass is 265 g/mol. The maximum absolute atomic E-state index is 12.1. The SMILES string of the molecule is Cc1cc(=O)n(C(C)C2CCCO2)c(C)c1C(=O)O. The third kappa shape index (κ3) is 2.42. The highest BCUT2D eigenvalue weighted by Crippen LogP contribution is 2.25. The van der Waals surface area contributed by atoms with Crippen molar-refractivity contribution < 1.29 is 14.6 Å². The number of ether oxygens (including phenoxy) is 1. The van der Waals surface area contributed by atoms with E-state index in [9.17, 15) is 14.7 Å². The number of aromatic nitrogens is 1. The van der Waals surface area contributed by atoms with Gasteiger partial charge < -0.3 is 14.4 Å². The van der Waals surface area contributed by atoms with Crippen molar-refractivity contribution in [2.75, 3.05) is 6.61 Å². The minimum absolute atomic E-state index is 0.0132. The van der Waals surface area contributed by atoms with Gasteiger partial charge in [-0.2, -0.15) is 0 Å². The highest BCUT2D eigenvalue weighted by atomic mass is 16.5. The quantitative estimate of drug-likeness (QED) is 0.906. The summed E-state index contributed by atoms with van der Waals surface area (Å²) in [6.45, 7) is 5.95. The molecular weight excluding hydrogens is 246 g/mol. The van der Waals surface area contributed by atoms with Gasteiger partial charge in [-0.15, -0.1) is 0 Å². The summed E-state index contributed by atoms with van der Waals surface area (Å²) in [7, 11) is 0. The molecule has 1 aromatic rings. The molecule has 5 heteroatoms. The maximum atomic E-state index is 12.1. The minimum Gasteiger partial charge on any atom is -0.478 e. The molecule has 0 bridgehead atoms. The first kappa shape index (κ1) is 13.8. The van der Waals surface area contributed by atoms with Crippen molar-refractivity contribution >= 4 is 5.97 Å². The van der Waals surface area contributed by atoms with Crippen molar-refractivity contribution in [2.24, 2.45) is 0 Å². The fraction of sp³-hybridized carbons (Fsp3) is 0.571. The number of carboxylic acid groups (broad SMARTS) is 1. The number of rotatable bonds is 3. The summed E-state index contributed by atoms with van der Waals surface area (Å²) in [5, 5.41) is 9.26. The van der Waals surface area contributed by atoms with Crippen LogP contribution >= 0.6 is 0 Å². The topological polar surface area (TPSA) is 68.5 Å². The number of pyridine rings is 1. The highest BCUT2D eigenvalue weighted by molar-refractivity contribution is 5.90. The van der Waals surface area contributed by atoms with Gasteiger partial charge in [-0.25, -0.2) is 4.79 Å². The van der Waals surface area contributed by atoms with E-state index in [0.717, 1.165) is 12.8 Å². The molecule has 2 atom stereocenters. The Hall–Kier alpha value is -1.62. The van der Waals surface area contributed by atoms with Gasteiger partial charge in [0.15, 0.2) is 0 Å². The molecule has 2 heterocycles. The van der Waals surface area contributed by atoms with Gasteiger partial charge in [0.1, 0.15) is 0 Å². The summed E-state index contributed by atoms with van der Waals surface area (Å²) >= 11 is 0. The zero-order chi connectivity index (χ0) is 14.2. The Morgan fingerprint density at radius 2 is 2.21 bits per heavy atom. The van der Waals surface area contributed by atoms with Crippen molar-refractivity contribution in [2.45, 2.75) is 45.8 Å². The molecule has 0 amide bonds. The van der Waals surface area contributed by atoms with E-state index in [4.69, 9.17) is 4.74 Å². The van der Waals surface area contributed by atoms with Crippen LogP contribution in [0.3, 0.4) is 0 Å². The summed E-state index contributed by atoms with van der Waals surface area (Å²) in [6, 6.07) is 1.25. The molecule has 2 unspecified atom stereocenters. The lowest BCUT2D eigenvalue weighted by molar-refractivity contribution is 0.0670. The predicted molar refractivity (Wildman–Crippen MR) is 70.8 cm³/mol. The lowest BCUT2D eigenvalue weighted by atomic mass is 10.0. The standard InChI is InChI=1S/C14H19NO4/c1-8-7-12(16)15(10(3)13(8)14(17)18)9(2)11-5-4-6-19-11/h7,9,11H,4-6H2,1-3H3,(H,17,18). The minimum atomic E-state index is -0.997. The van der Waals surface area contributed by atoms with Crippen LogP contribution < -0.4 is 5.56 Å². The van der Waals surface area contributed by atoms with Crippen LogP contribution in [-0.2, 0) is 4.74 Å². The molecule has 0 aromatic carbocycles. The number of nitrogens with zero attached hydrogens (tertiary/aromatic N) is 1. The van der Waals surface area contributed by atoms with Gasteiger partial charge in [0.25, 0.3) is 5.56 Å². The fourth-order valence-corrected chi connectivity index (χ4v) is 2.88. The van der Waals surface area contributed by atoms with E-state index in [1.807, 2.05) is 6.92 Å². The Bertz CT molecular complexity index is 555. The lowest BCUT2D eigenvalue weighted by Gasteiger charge is -2.24. The number of aromatic carboxylic acids is 1. The van der Waals surface area contributed by atoms with Gasteiger partial charge in [-0.1, -0.05) is 0 Å². The molecule has 104 valence electrons. The number of carboxylic acids is 1. The third-order valence-corrected chi connectivity index (χ3v) is 3.82. The second kappa shape index (κ2) is 5.17. The number of aryl methyl sites for hydroxylation is 1. The van der Waals surface area contributed by atoms with E-state index in [2.05, 4.69) is 0 Å². The molecule has 1 aliphatic heterocycles. The summed E-state index contributed by atoms with van der Waals surface area (Å²) in [6.07, 6.45) is 1.88.